The summed E-state index contributed by atoms with van der Waals surface area (Å²) in [6, 6.07) is 0. The molecule has 0 aromatic rings. The molecule has 1 fully saturated rings. The summed E-state index contributed by atoms with van der Waals surface area (Å²) in [5.41, 5.74) is 0. The van der Waals surface area contributed by atoms with Crippen LogP contribution in [0, 0.1) is 5.92 Å². The van der Waals surface area contributed by atoms with Gasteiger partial charge in [-0.15, -0.1) is 0 Å². The van der Waals surface area contributed by atoms with E-state index in [2.05, 4.69) is 18.7 Å². The van der Waals surface area contributed by atoms with Crippen molar-refractivity contribution in [3.63, 3.8) is 0 Å². The molecule has 1 heteroatoms. The molecule has 1 rings (SSSR count). The summed E-state index contributed by atoms with van der Waals surface area (Å²) < 4.78 is 0. The van der Waals surface area contributed by atoms with Crippen molar-refractivity contribution in [3.8, 4) is 0 Å². The highest BCUT2D eigenvalue weighted by Crippen LogP contribution is 2.26. The zero-order valence-electron chi connectivity index (χ0n) is 6.94. The Balaban J connectivity index is 2.02. The van der Waals surface area contributed by atoms with E-state index in [0.29, 0.717) is 0 Å². The highest BCUT2D eigenvalue weighted by Gasteiger charge is 2.11. The fraction of sp³-hybridized carbons (Fsp3) is 1.00. The van der Waals surface area contributed by atoms with Crippen LogP contribution in [0.2, 0.25) is 0 Å². The van der Waals surface area contributed by atoms with Gasteiger partial charge in [-0.1, -0.05) is 19.8 Å². The highest BCUT2D eigenvalue weighted by molar-refractivity contribution is 7.99. The molecule has 1 saturated heterocycles. The quantitative estimate of drug-likeness (QED) is 0.607. The monoisotopic (exact) mass is 158 g/mol. The molecule has 0 nitrogen and oxygen atoms in total. The van der Waals surface area contributed by atoms with Crippen molar-refractivity contribution in [1.29, 1.82) is 0 Å². The van der Waals surface area contributed by atoms with E-state index in [1.54, 1.807) is 0 Å². The summed E-state index contributed by atoms with van der Waals surface area (Å²) in [4.78, 5) is 0. The van der Waals surface area contributed by atoms with Gasteiger partial charge in [-0.25, -0.2) is 0 Å². The number of rotatable bonds is 3. The first-order valence-electron chi connectivity index (χ1n) is 4.51. The number of hydrogen-bond donors (Lipinski definition) is 0. The molecule has 1 atom stereocenters. The molecule has 1 aliphatic heterocycles. The van der Waals surface area contributed by atoms with Gasteiger partial charge in [0.15, 0.2) is 0 Å². The molecular formula is C9H18S. The van der Waals surface area contributed by atoms with Crippen molar-refractivity contribution < 1.29 is 0 Å². The van der Waals surface area contributed by atoms with Gasteiger partial charge in [-0.05, 0) is 36.7 Å². The Bertz CT molecular complexity index is 74.8. The van der Waals surface area contributed by atoms with Gasteiger partial charge in [0.05, 0.1) is 0 Å². The normalized spacial score (nSPS) is 26.7. The number of thioether (sulfide) groups is 1. The molecule has 0 amide bonds. The first kappa shape index (κ1) is 8.45. The lowest BCUT2D eigenvalue weighted by atomic mass is 9.99. The zero-order valence-corrected chi connectivity index (χ0v) is 7.75. The molecule has 1 unspecified atom stereocenters. The minimum absolute atomic E-state index is 1.07. The average Bonchev–Trinajstić information content (AvgIpc) is 2.03. The van der Waals surface area contributed by atoms with Crippen LogP contribution in [0.4, 0.5) is 0 Å². The SMILES string of the molecule is CCCCC1CCCSC1. The number of unbranched alkanes of at least 4 members (excludes halogenated alkanes) is 1. The van der Waals surface area contributed by atoms with E-state index in [1.807, 2.05) is 0 Å². The Morgan fingerprint density at radius 3 is 3.00 bits per heavy atom. The van der Waals surface area contributed by atoms with E-state index in [1.165, 1.54) is 43.6 Å². The third-order valence-electron chi connectivity index (χ3n) is 2.22. The third-order valence-corrected chi connectivity index (χ3v) is 3.50. The first-order chi connectivity index (χ1) is 4.93. The molecule has 0 aromatic heterocycles. The second-order valence-corrected chi connectivity index (χ2v) is 4.38. The maximum atomic E-state index is 2.29. The predicted octanol–water partition coefficient (Wildman–Crippen LogP) is 3.32. The van der Waals surface area contributed by atoms with Crippen molar-refractivity contribution in [3.05, 3.63) is 0 Å². The lowest BCUT2D eigenvalue weighted by Gasteiger charge is -2.20. The van der Waals surface area contributed by atoms with E-state index in [9.17, 15) is 0 Å². The second kappa shape index (κ2) is 5.06. The van der Waals surface area contributed by atoms with Gasteiger partial charge >= 0.3 is 0 Å². The van der Waals surface area contributed by atoms with Crippen LogP contribution in [0.15, 0.2) is 0 Å². The fourth-order valence-corrected chi connectivity index (χ4v) is 2.73. The Morgan fingerprint density at radius 2 is 2.40 bits per heavy atom. The van der Waals surface area contributed by atoms with Crippen molar-refractivity contribution in [2.45, 2.75) is 39.0 Å². The molecule has 1 aliphatic rings. The molecule has 0 bridgehead atoms. The lowest BCUT2D eigenvalue weighted by Crippen LogP contribution is -2.09. The van der Waals surface area contributed by atoms with Gasteiger partial charge in [0.1, 0.15) is 0 Å². The molecule has 0 N–H and O–H groups in total. The first-order valence-corrected chi connectivity index (χ1v) is 5.66. The molecule has 0 spiro atoms. The Hall–Kier alpha value is 0.350. The van der Waals surface area contributed by atoms with E-state index >= 15 is 0 Å². The minimum Gasteiger partial charge on any atom is -0.162 e. The van der Waals surface area contributed by atoms with Crippen molar-refractivity contribution in [2.75, 3.05) is 11.5 Å². The smallest absolute Gasteiger partial charge is 0.00391 e. The summed E-state index contributed by atoms with van der Waals surface area (Å²) in [7, 11) is 0. The Morgan fingerprint density at radius 1 is 1.50 bits per heavy atom. The van der Waals surface area contributed by atoms with Gasteiger partial charge in [0, 0.05) is 0 Å². The third kappa shape index (κ3) is 2.96. The van der Waals surface area contributed by atoms with Gasteiger partial charge in [-0.2, -0.15) is 11.8 Å². The van der Waals surface area contributed by atoms with Crippen LogP contribution in [0.1, 0.15) is 39.0 Å². The molecular weight excluding hydrogens is 140 g/mol. The zero-order chi connectivity index (χ0) is 7.23. The fourth-order valence-electron chi connectivity index (χ4n) is 1.53. The standard InChI is InChI=1S/C9H18S/c1-2-3-5-9-6-4-7-10-8-9/h9H,2-8H2,1H3. The molecule has 10 heavy (non-hydrogen) atoms. The molecule has 0 saturated carbocycles. The summed E-state index contributed by atoms with van der Waals surface area (Å²) >= 11 is 2.15. The molecule has 0 radical (unpaired) electrons. The minimum atomic E-state index is 1.07. The molecule has 1 heterocycles. The van der Waals surface area contributed by atoms with Gasteiger partial charge in [0.2, 0.25) is 0 Å². The van der Waals surface area contributed by atoms with Crippen molar-refractivity contribution >= 4 is 11.8 Å². The maximum absolute atomic E-state index is 2.29. The van der Waals surface area contributed by atoms with Crippen LogP contribution >= 0.6 is 11.8 Å². The summed E-state index contributed by atoms with van der Waals surface area (Å²) in [6.45, 7) is 2.29. The van der Waals surface area contributed by atoms with Crippen molar-refractivity contribution in [1.82, 2.24) is 0 Å². The second-order valence-electron chi connectivity index (χ2n) is 3.23. The lowest BCUT2D eigenvalue weighted by molar-refractivity contribution is 0.466. The van der Waals surface area contributed by atoms with E-state index < -0.39 is 0 Å². The summed E-state index contributed by atoms with van der Waals surface area (Å²) in [5.74, 6) is 3.93. The Kier molecular flexibility index (Phi) is 4.27. The van der Waals surface area contributed by atoms with Gasteiger partial charge in [-0.3, -0.25) is 0 Å². The van der Waals surface area contributed by atoms with Crippen LogP contribution in [-0.4, -0.2) is 11.5 Å². The topological polar surface area (TPSA) is 0 Å². The largest absolute Gasteiger partial charge is 0.162 e. The predicted molar refractivity (Wildman–Crippen MR) is 49.6 cm³/mol. The Labute approximate surface area is 68.8 Å². The number of hydrogen-bond acceptors (Lipinski definition) is 1. The van der Waals surface area contributed by atoms with E-state index in [4.69, 9.17) is 0 Å². The van der Waals surface area contributed by atoms with Crippen LogP contribution in [-0.2, 0) is 0 Å². The summed E-state index contributed by atoms with van der Waals surface area (Å²) in [5, 5.41) is 0. The van der Waals surface area contributed by atoms with Crippen LogP contribution < -0.4 is 0 Å². The maximum Gasteiger partial charge on any atom is -0.00391 e. The molecule has 0 aliphatic carbocycles. The average molecular weight is 158 g/mol. The van der Waals surface area contributed by atoms with Crippen LogP contribution in [0.3, 0.4) is 0 Å². The summed E-state index contributed by atoms with van der Waals surface area (Å²) in [6.07, 6.45) is 7.29. The van der Waals surface area contributed by atoms with Gasteiger partial charge < -0.3 is 0 Å². The molecule has 0 aromatic carbocycles. The molecule has 60 valence electrons. The highest BCUT2D eigenvalue weighted by atomic mass is 32.2. The van der Waals surface area contributed by atoms with Crippen LogP contribution in [0.25, 0.3) is 0 Å². The van der Waals surface area contributed by atoms with Crippen molar-refractivity contribution in [2.24, 2.45) is 5.92 Å². The van der Waals surface area contributed by atoms with E-state index in [-0.39, 0.29) is 0 Å². The van der Waals surface area contributed by atoms with E-state index in [0.717, 1.165) is 5.92 Å². The van der Waals surface area contributed by atoms with Crippen LogP contribution in [0.5, 0.6) is 0 Å². The van der Waals surface area contributed by atoms with Gasteiger partial charge in [0.25, 0.3) is 0 Å².